The molecule has 0 bridgehead atoms. The molecule has 1 N–H and O–H groups in total. The van der Waals surface area contributed by atoms with Crippen LogP contribution in [0.4, 0.5) is 0 Å². The highest BCUT2D eigenvalue weighted by Crippen LogP contribution is 2.42. The van der Waals surface area contributed by atoms with Crippen molar-refractivity contribution in [2.45, 2.75) is 52.7 Å². The van der Waals surface area contributed by atoms with Crippen molar-refractivity contribution < 1.29 is 5.11 Å². The van der Waals surface area contributed by atoms with Crippen molar-refractivity contribution in [1.29, 1.82) is 0 Å². The minimum absolute atomic E-state index is 0.259. The van der Waals surface area contributed by atoms with Crippen molar-refractivity contribution in [3.05, 3.63) is 47.5 Å². The molecule has 4 nitrogen and oxygen atoms in total. The van der Waals surface area contributed by atoms with E-state index >= 15 is 0 Å². The fourth-order valence-corrected chi connectivity index (χ4v) is 2.85. The monoisotopic (exact) mass is 335 g/mol. The molecule has 1 aromatic heterocycles. The molecule has 1 atom stereocenters. The Labute approximate surface area is 143 Å². The summed E-state index contributed by atoms with van der Waals surface area (Å²) in [6.45, 7) is 8.97. The maximum absolute atomic E-state index is 11.5. The number of aryl methyl sites for hydroxylation is 1. The third kappa shape index (κ3) is 4.12. The molecule has 5 heteroatoms. The van der Waals surface area contributed by atoms with Gasteiger partial charge in [0.2, 0.25) is 0 Å². The minimum atomic E-state index is -0.880. The molecule has 0 spiro atoms. The second kappa shape index (κ2) is 7.02. The van der Waals surface area contributed by atoms with Crippen LogP contribution >= 0.6 is 11.6 Å². The average molecular weight is 336 g/mol. The Hall–Kier alpha value is -1.39. The number of aliphatic hydroxyl groups is 1. The third-order valence-electron chi connectivity index (χ3n) is 5.27. The lowest BCUT2D eigenvalue weighted by molar-refractivity contribution is -0.109. The molecule has 0 aliphatic rings. The van der Waals surface area contributed by atoms with Crippen LogP contribution in [0.2, 0.25) is 5.02 Å². The highest BCUT2D eigenvalue weighted by Gasteiger charge is 2.45. The number of nitrogens with zero attached hydrogens (tertiary/aromatic N) is 3. The van der Waals surface area contributed by atoms with Gasteiger partial charge in [-0.15, -0.1) is 0 Å². The van der Waals surface area contributed by atoms with Crippen molar-refractivity contribution in [3.8, 4) is 0 Å². The molecule has 0 aliphatic carbocycles. The van der Waals surface area contributed by atoms with E-state index in [0.717, 1.165) is 11.4 Å². The molecule has 126 valence electrons. The SMILES string of the molecule is CC(C)C(C)(C)C(O)(CCc1ccc(Cl)cc1)Cn1cncn1. The van der Waals surface area contributed by atoms with Crippen LogP contribution in [-0.4, -0.2) is 25.5 Å². The van der Waals surface area contributed by atoms with E-state index in [1.165, 1.54) is 11.9 Å². The summed E-state index contributed by atoms with van der Waals surface area (Å²) in [6, 6.07) is 7.81. The lowest BCUT2D eigenvalue weighted by Gasteiger charge is -2.45. The van der Waals surface area contributed by atoms with E-state index < -0.39 is 5.60 Å². The molecule has 0 amide bonds. The highest BCUT2D eigenvalue weighted by molar-refractivity contribution is 6.30. The van der Waals surface area contributed by atoms with Crippen molar-refractivity contribution in [1.82, 2.24) is 14.8 Å². The highest BCUT2D eigenvalue weighted by atomic mass is 35.5. The summed E-state index contributed by atoms with van der Waals surface area (Å²) in [6.07, 6.45) is 4.60. The summed E-state index contributed by atoms with van der Waals surface area (Å²) in [7, 11) is 0. The summed E-state index contributed by atoms with van der Waals surface area (Å²) in [5.74, 6) is 0.334. The van der Waals surface area contributed by atoms with E-state index in [1.807, 2.05) is 24.3 Å². The van der Waals surface area contributed by atoms with Crippen LogP contribution in [0.25, 0.3) is 0 Å². The average Bonchev–Trinajstić information content (AvgIpc) is 2.99. The Morgan fingerprint density at radius 2 is 1.87 bits per heavy atom. The fourth-order valence-electron chi connectivity index (χ4n) is 2.73. The number of hydrogen-bond donors (Lipinski definition) is 1. The minimum Gasteiger partial charge on any atom is -0.387 e. The van der Waals surface area contributed by atoms with Gasteiger partial charge in [0, 0.05) is 5.02 Å². The van der Waals surface area contributed by atoms with E-state index in [0.29, 0.717) is 18.9 Å². The van der Waals surface area contributed by atoms with Gasteiger partial charge < -0.3 is 5.11 Å². The summed E-state index contributed by atoms with van der Waals surface area (Å²) >= 11 is 5.94. The first-order valence-corrected chi connectivity index (χ1v) is 8.41. The van der Waals surface area contributed by atoms with Crippen molar-refractivity contribution >= 4 is 11.6 Å². The molecule has 23 heavy (non-hydrogen) atoms. The standard InChI is InChI=1S/C18H26ClN3O/c1-14(2)17(3,4)18(23,11-22-13-20-12-21-22)10-9-15-5-7-16(19)8-6-15/h5-8,12-14,23H,9-11H2,1-4H3. The van der Waals surface area contributed by atoms with Crippen molar-refractivity contribution in [2.24, 2.45) is 11.3 Å². The molecule has 2 aromatic rings. The Kier molecular flexibility index (Phi) is 5.48. The van der Waals surface area contributed by atoms with E-state index in [9.17, 15) is 5.11 Å². The molecular formula is C18H26ClN3O. The van der Waals surface area contributed by atoms with E-state index in [-0.39, 0.29) is 5.41 Å². The summed E-state index contributed by atoms with van der Waals surface area (Å²) < 4.78 is 1.71. The van der Waals surface area contributed by atoms with Gasteiger partial charge in [-0.1, -0.05) is 51.4 Å². The first-order valence-electron chi connectivity index (χ1n) is 8.04. The molecule has 1 heterocycles. The lowest BCUT2D eigenvalue weighted by atomic mass is 9.65. The molecule has 0 saturated heterocycles. The van der Waals surface area contributed by atoms with Gasteiger partial charge in [0.15, 0.2) is 0 Å². The molecule has 0 fully saturated rings. The topological polar surface area (TPSA) is 50.9 Å². The van der Waals surface area contributed by atoms with Crippen LogP contribution in [0.5, 0.6) is 0 Å². The van der Waals surface area contributed by atoms with Gasteiger partial charge in [-0.25, -0.2) is 4.98 Å². The van der Waals surface area contributed by atoms with Crippen molar-refractivity contribution in [3.63, 3.8) is 0 Å². The van der Waals surface area contributed by atoms with Gasteiger partial charge in [0.1, 0.15) is 12.7 Å². The summed E-state index contributed by atoms with van der Waals surface area (Å²) in [5.41, 5.74) is 0.0332. The largest absolute Gasteiger partial charge is 0.387 e. The molecule has 0 aliphatic heterocycles. The molecular weight excluding hydrogens is 310 g/mol. The third-order valence-corrected chi connectivity index (χ3v) is 5.53. The number of rotatable bonds is 7. The van der Waals surface area contributed by atoms with E-state index in [4.69, 9.17) is 11.6 Å². The maximum atomic E-state index is 11.5. The van der Waals surface area contributed by atoms with Gasteiger partial charge in [-0.3, -0.25) is 4.68 Å². The smallest absolute Gasteiger partial charge is 0.137 e. The quantitative estimate of drug-likeness (QED) is 0.832. The normalized spacial score (nSPS) is 14.9. The van der Waals surface area contributed by atoms with E-state index in [1.54, 1.807) is 11.0 Å². The van der Waals surface area contributed by atoms with E-state index in [2.05, 4.69) is 37.8 Å². The summed E-state index contributed by atoms with van der Waals surface area (Å²) in [4.78, 5) is 3.99. The zero-order valence-electron chi connectivity index (χ0n) is 14.3. The maximum Gasteiger partial charge on any atom is 0.137 e. The predicted octanol–water partition coefficient (Wildman–Crippen LogP) is 3.98. The van der Waals surface area contributed by atoms with Crippen molar-refractivity contribution in [2.75, 3.05) is 0 Å². The fraction of sp³-hybridized carbons (Fsp3) is 0.556. The van der Waals surface area contributed by atoms with Crippen LogP contribution in [0.1, 0.15) is 39.7 Å². The Bertz CT molecular complexity index is 608. The zero-order chi connectivity index (χ0) is 17.1. The molecule has 2 rings (SSSR count). The Morgan fingerprint density at radius 1 is 1.22 bits per heavy atom. The van der Waals surface area contributed by atoms with Crippen LogP contribution < -0.4 is 0 Å². The van der Waals surface area contributed by atoms with Gasteiger partial charge in [0.05, 0.1) is 12.1 Å². The van der Waals surface area contributed by atoms with Gasteiger partial charge >= 0.3 is 0 Å². The lowest BCUT2D eigenvalue weighted by Crippen LogP contribution is -2.51. The molecule has 0 radical (unpaired) electrons. The summed E-state index contributed by atoms with van der Waals surface area (Å²) in [5, 5.41) is 16.4. The number of hydrogen-bond acceptors (Lipinski definition) is 3. The van der Waals surface area contributed by atoms with Crippen LogP contribution in [0.15, 0.2) is 36.9 Å². The molecule has 1 aromatic carbocycles. The Morgan fingerprint density at radius 3 is 2.39 bits per heavy atom. The molecule has 0 saturated carbocycles. The van der Waals surface area contributed by atoms with Crippen LogP contribution in [0, 0.1) is 11.3 Å². The predicted molar refractivity (Wildman–Crippen MR) is 93.4 cm³/mol. The number of halogens is 1. The number of benzene rings is 1. The number of aromatic nitrogens is 3. The Balaban J connectivity index is 2.20. The second-order valence-corrected chi connectivity index (χ2v) is 7.56. The van der Waals surface area contributed by atoms with Gasteiger partial charge in [-0.05, 0) is 41.9 Å². The first kappa shape index (κ1) is 18.0. The van der Waals surface area contributed by atoms with Gasteiger partial charge in [-0.2, -0.15) is 5.10 Å². The second-order valence-electron chi connectivity index (χ2n) is 7.13. The first-order chi connectivity index (χ1) is 10.7. The van der Waals surface area contributed by atoms with Gasteiger partial charge in [0.25, 0.3) is 0 Å². The molecule has 1 unspecified atom stereocenters. The zero-order valence-corrected chi connectivity index (χ0v) is 15.1. The van der Waals surface area contributed by atoms with Crippen LogP contribution in [-0.2, 0) is 13.0 Å². The van der Waals surface area contributed by atoms with Crippen LogP contribution in [0.3, 0.4) is 0 Å².